The number of H-pyrrole nitrogens is 2. The van der Waals surface area contributed by atoms with Gasteiger partial charge in [-0.3, -0.25) is 9.97 Å². The number of benzene rings is 3. The molecule has 0 saturated heterocycles. The quantitative estimate of drug-likeness (QED) is 0.222. The molecule has 0 atom stereocenters. The van der Waals surface area contributed by atoms with Gasteiger partial charge < -0.3 is 0 Å². The molecule has 0 aliphatic carbocycles. The van der Waals surface area contributed by atoms with E-state index in [4.69, 9.17) is 0 Å². The van der Waals surface area contributed by atoms with Crippen molar-refractivity contribution >= 4 is 0 Å². The molecule has 4 heterocycles. The Morgan fingerprint density at radius 3 is 1.02 bits per heavy atom. The number of nitrogens with zero attached hydrogens (tertiary/aromatic N) is 8. The topological polar surface area (TPSA) is 135 Å². The molecule has 0 saturated carbocycles. The Kier molecular flexibility index (Phi) is 6.78. The Balaban J connectivity index is 1.48. The van der Waals surface area contributed by atoms with Crippen LogP contribution in [0.1, 0.15) is 22.8 Å². The average Bonchev–Trinajstić information content (AvgIpc) is 3.76. The number of pyridine rings is 2. The molecule has 0 amide bonds. The summed E-state index contributed by atoms with van der Waals surface area (Å²) in [6, 6.07) is 29.7. The largest absolute Gasteiger partial charge is 0.258 e. The highest BCUT2D eigenvalue weighted by molar-refractivity contribution is 5.95. The second kappa shape index (κ2) is 11.1. The van der Waals surface area contributed by atoms with Gasteiger partial charge >= 0.3 is 0 Å². The molecular formula is C34H28N10. The molecule has 0 radical (unpaired) electrons. The molecule has 2 N–H and O–H groups in total. The highest BCUT2D eigenvalue weighted by Gasteiger charge is 2.18. The first-order chi connectivity index (χ1) is 21.4. The Morgan fingerprint density at radius 2 is 0.705 bits per heavy atom. The van der Waals surface area contributed by atoms with Gasteiger partial charge in [0.15, 0.2) is 0 Å². The van der Waals surface area contributed by atoms with Gasteiger partial charge in [0.1, 0.15) is 0 Å². The Labute approximate surface area is 253 Å². The van der Waals surface area contributed by atoms with Gasteiger partial charge in [-0.25, -0.2) is 0 Å². The van der Waals surface area contributed by atoms with E-state index in [0.717, 1.165) is 78.4 Å². The highest BCUT2D eigenvalue weighted by atomic mass is 15.5. The number of aromatic amines is 2. The Hall–Kier alpha value is -5.90. The van der Waals surface area contributed by atoms with Crippen molar-refractivity contribution in [3.63, 3.8) is 0 Å². The van der Waals surface area contributed by atoms with Crippen LogP contribution in [0.15, 0.2) is 84.9 Å². The first kappa shape index (κ1) is 27.0. The summed E-state index contributed by atoms with van der Waals surface area (Å²) in [5, 5.41) is 29.0. The molecule has 0 unspecified atom stereocenters. The van der Waals surface area contributed by atoms with E-state index in [9.17, 15) is 0 Å². The van der Waals surface area contributed by atoms with Gasteiger partial charge in [-0.2, -0.15) is 10.4 Å². The van der Waals surface area contributed by atoms with Crippen LogP contribution in [-0.4, -0.2) is 51.2 Å². The second-order valence-corrected chi connectivity index (χ2v) is 10.8. The molecule has 0 aliphatic heterocycles. The van der Waals surface area contributed by atoms with Crippen LogP contribution in [0.3, 0.4) is 0 Å². The number of aryl methyl sites for hydroxylation is 4. The number of rotatable bonds is 6. The summed E-state index contributed by atoms with van der Waals surface area (Å²) in [5.74, 6) is 1.11. The van der Waals surface area contributed by atoms with Crippen LogP contribution in [0.4, 0.5) is 0 Å². The molecule has 0 fully saturated rings. The maximum Gasteiger partial charge on any atom is 0.204 e. The van der Waals surface area contributed by atoms with Crippen molar-refractivity contribution in [2.75, 3.05) is 0 Å². The third kappa shape index (κ3) is 5.24. The van der Waals surface area contributed by atoms with Crippen LogP contribution in [0.5, 0.6) is 0 Å². The maximum atomic E-state index is 4.65. The molecule has 0 aliphatic rings. The van der Waals surface area contributed by atoms with Crippen molar-refractivity contribution in [2.45, 2.75) is 27.7 Å². The van der Waals surface area contributed by atoms with Gasteiger partial charge in [0.25, 0.3) is 0 Å². The van der Waals surface area contributed by atoms with E-state index >= 15 is 0 Å². The average molecular weight is 577 g/mol. The lowest BCUT2D eigenvalue weighted by Gasteiger charge is -2.19. The molecule has 0 bridgehead atoms. The fraction of sp³-hybridized carbons (Fsp3) is 0.118. The van der Waals surface area contributed by atoms with Gasteiger partial charge in [0.05, 0.1) is 0 Å². The van der Waals surface area contributed by atoms with Crippen LogP contribution >= 0.6 is 0 Å². The van der Waals surface area contributed by atoms with E-state index in [1.54, 1.807) is 0 Å². The summed E-state index contributed by atoms with van der Waals surface area (Å²) in [4.78, 5) is 9.30. The zero-order valence-corrected chi connectivity index (χ0v) is 24.7. The summed E-state index contributed by atoms with van der Waals surface area (Å²) in [7, 11) is 0. The van der Waals surface area contributed by atoms with E-state index in [0.29, 0.717) is 11.6 Å². The van der Waals surface area contributed by atoms with Crippen molar-refractivity contribution in [1.29, 1.82) is 0 Å². The predicted molar refractivity (Wildman–Crippen MR) is 169 cm³/mol. The minimum Gasteiger partial charge on any atom is -0.258 e. The van der Waals surface area contributed by atoms with Crippen molar-refractivity contribution < 1.29 is 0 Å². The number of nitrogens with one attached hydrogen (secondary N) is 2. The van der Waals surface area contributed by atoms with Gasteiger partial charge in [-0.15, -0.1) is 20.4 Å². The minimum absolute atomic E-state index is 0.556. The van der Waals surface area contributed by atoms with Crippen molar-refractivity contribution in [1.82, 2.24) is 51.2 Å². The normalized spacial score (nSPS) is 11.2. The van der Waals surface area contributed by atoms with Gasteiger partial charge in [0, 0.05) is 33.9 Å². The lowest BCUT2D eigenvalue weighted by molar-refractivity contribution is 0.881. The summed E-state index contributed by atoms with van der Waals surface area (Å²) < 4.78 is 0. The van der Waals surface area contributed by atoms with E-state index in [1.807, 2.05) is 52.0 Å². The number of hydrogen-bond donors (Lipinski definition) is 2. The monoisotopic (exact) mass is 576 g/mol. The second-order valence-electron chi connectivity index (χ2n) is 10.8. The zero-order chi connectivity index (χ0) is 30.2. The zero-order valence-electron chi connectivity index (χ0n) is 24.7. The van der Waals surface area contributed by atoms with Crippen molar-refractivity contribution in [3.05, 3.63) is 108 Å². The van der Waals surface area contributed by atoms with E-state index in [1.165, 1.54) is 0 Å². The SMILES string of the molecule is Cc1cc(-c2cc(-c3ccc(-c4nn[nH]n4)cc3)c(-c3cc(C)nc(C)c3)cc2-c2ccc(-c3nn[nH]n3)cc2)cc(C)n1. The molecular weight excluding hydrogens is 548 g/mol. The third-order valence-corrected chi connectivity index (χ3v) is 7.54. The Morgan fingerprint density at radius 1 is 0.386 bits per heavy atom. The van der Waals surface area contributed by atoms with Crippen LogP contribution < -0.4 is 0 Å². The summed E-state index contributed by atoms with van der Waals surface area (Å²) >= 11 is 0. The standard InChI is InChI=1S/C34H28N10/c1-19-13-27(14-20(2)35-19)31-17-30(24-7-11-26(12-8-24)34-39-43-44-40-34)32(28-15-21(3)36-22(4)16-28)18-29(31)23-5-9-25(10-6-23)33-37-41-42-38-33/h5-18H,1-4H3,(H,37,38,41,42)(H,39,40,43,44). The number of aromatic nitrogens is 10. The summed E-state index contributed by atoms with van der Waals surface area (Å²) in [6.07, 6.45) is 0. The third-order valence-electron chi connectivity index (χ3n) is 7.54. The minimum atomic E-state index is 0.556. The van der Waals surface area contributed by atoms with E-state index in [-0.39, 0.29) is 0 Å². The van der Waals surface area contributed by atoms with E-state index in [2.05, 4.69) is 112 Å². The Bertz CT molecular complexity index is 1890. The lowest BCUT2D eigenvalue weighted by atomic mass is 9.85. The molecule has 10 heteroatoms. The molecule has 7 rings (SSSR count). The summed E-state index contributed by atoms with van der Waals surface area (Å²) in [5.41, 5.74) is 14.4. The number of tetrazole rings is 2. The molecule has 44 heavy (non-hydrogen) atoms. The molecule has 0 spiro atoms. The molecule has 4 aromatic heterocycles. The first-order valence-corrected chi connectivity index (χ1v) is 14.2. The molecule has 214 valence electrons. The maximum absolute atomic E-state index is 4.65. The first-order valence-electron chi connectivity index (χ1n) is 14.2. The van der Waals surface area contributed by atoms with Crippen LogP contribution in [-0.2, 0) is 0 Å². The predicted octanol–water partition coefficient (Wildman–Crippen LogP) is 6.74. The molecule has 10 nitrogen and oxygen atoms in total. The lowest BCUT2D eigenvalue weighted by Crippen LogP contribution is -1.96. The molecule has 7 aromatic rings. The van der Waals surface area contributed by atoms with Crippen LogP contribution in [0.2, 0.25) is 0 Å². The van der Waals surface area contributed by atoms with Gasteiger partial charge in [-0.05, 0) is 119 Å². The van der Waals surface area contributed by atoms with Crippen molar-refractivity contribution in [2.24, 2.45) is 0 Å². The number of hydrogen-bond acceptors (Lipinski definition) is 8. The van der Waals surface area contributed by atoms with Gasteiger partial charge in [-0.1, -0.05) is 48.5 Å². The van der Waals surface area contributed by atoms with Crippen LogP contribution in [0.25, 0.3) is 67.3 Å². The summed E-state index contributed by atoms with van der Waals surface area (Å²) in [6.45, 7) is 8.13. The van der Waals surface area contributed by atoms with Crippen LogP contribution in [0, 0.1) is 27.7 Å². The molecule has 3 aromatic carbocycles. The fourth-order valence-electron chi connectivity index (χ4n) is 5.70. The highest BCUT2D eigenvalue weighted by Crippen LogP contribution is 2.43. The van der Waals surface area contributed by atoms with Crippen molar-refractivity contribution in [3.8, 4) is 67.3 Å². The van der Waals surface area contributed by atoms with Gasteiger partial charge in [0.2, 0.25) is 11.6 Å². The van der Waals surface area contributed by atoms with E-state index < -0.39 is 0 Å². The fourth-order valence-corrected chi connectivity index (χ4v) is 5.70. The smallest absolute Gasteiger partial charge is 0.204 e.